The third-order valence-electron chi connectivity index (χ3n) is 3.57. The lowest BCUT2D eigenvalue weighted by molar-refractivity contribution is -0.116. The number of hydrogen-bond donors (Lipinski definition) is 2. The highest BCUT2D eigenvalue weighted by Gasteiger charge is 2.10. The second-order valence-electron chi connectivity index (χ2n) is 5.95. The standard InChI is InChI=1S/C20H20N4O3S2/c1-2-6-17(25)22-19-23-24-20(29-19)28-13-18(26)21-14-9-11-16(12-10-14)27-15-7-4-3-5-8-15/h3-5,7-12H,2,6,13H2,1H3,(H,21,26)(H,22,23,25). The van der Waals surface area contributed by atoms with Crippen LogP contribution in [-0.4, -0.2) is 27.8 Å². The van der Waals surface area contributed by atoms with Gasteiger partial charge in [0.05, 0.1) is 5.75 Å². The van der Waals surface area contributed by atoms with Gasteiger partial charge in [-0.2, -0.15) is 0 Å². The molecule has 3 rings (SSSR count). The molecule has 0 unspecified atom stereocenters. The largest absolute Gasteiger partial charge is 0.457 e. The van der Waals surface area contributed by atoms with E-state index < -0.39 is 0 Å². The monoisotopic (exact) mass is 428 g/mol. The Labute approximate surface area is 176 Å². The van der Waals surface area contributed by atoms with Crippen molar-refractivity contribution in [2.24, 2.45) is 0 Å². The SMILES string of the molecule is CCCC(=O)Nc1nnc(SCC(=O)Nc2ccc(Oc3ccccc3)cc2)s1. The molecule has 0 aliphatic rings. The maximum atomic E-state index is 12.2. The number of para-hydroxylation sites is 1. The highest BCUT2D eigenvalue weighted by Crippen LogP contribution is 2.26. The molecule has 2 N–H and O–H groups in total. The number of hydrogen-bond acceptors (Lipinski definition) is 7. The minimum atomic E-state index is -0.154. The Hall–Kier alpha value is -2.91. The molecular weight excluding hydrogens is 408 g/mol. The number of nitrogens with zero attached hydrogens (tertiary/aromatic N) is 2. The molecule has 0 radical (unpaired) electrons. The molecule has 0 spiro atoms. The van der Waals surface area contributed by atoms with Crippen LogP contribution < -0.4 is 15.4 Å². The smallest absolute Gasteiger partial charge is 0.234 e. The number of benzene rings is 2. The van der Waals surface area contributed by atoms with Crippen molar-refractivity contribution in [2.45, 2.75) is 24.1 Å². The number of rotatable bonds is 9. The topological polar surface area (TPSA) is 93.2 Å². The number of amides is 2. The van der Waals surface area contributed by atoms with E-state index >= 15 is 0 Å². The summed E-state index contributed by atoms with van der Waals surface area (Å²) in [7, 11) is 0. The average molecular weight is 429 g/mol. The number of carbonyl (C=O) groups is 2. The Balaban J connectivity index is 1.45. The van der Waals surface area contributed by atoms with Crippen LogP contribution in [0.1, 0.15) is 19.8 Å². The molecule has 29 heavy (non-hydrogen) atoms. The quantitative estimate of drug-likeness (QED) is 0.376. The summed E-state index contributed by atoms with van der Waals surface area (Å²) in [5, 5.41) is 13.9. The van der Waals surface area contributed by atoms with Gasteiger partial charge in [-0.15, -0.1) is 10.2 Å². The molecule has 0 bridgehead atoms. The fraction of sp³-hybridized carbons (Fsp3) is 0.200. The molecule has 2 amide bonds. The Kier molecular flexibility index (Phi) is 7.60. The van der Waals surface area contributed by atoms with Crippen molar-refractivity contribution in [3.05, 3.63) is 54.6 Å². The fourth-order valence-electron chi connectivity index (χ4n) is 2.28. The predicted octanol–water partition coefficient (Wildman–Crippen LogP) is 4.80. The second-order valence-corrected chi connectivity index (χ2v) is 8.15. The normalized spacial score (nSPS) is 10.4. The Morgan fingerprint density at radius 2 is 1.69 bits per heavy atom. The van der Waals surface area contributed by atoms with E-state index in [0.29, 0.717) is 27.3 Å². The molecule has 2 aromatic carbocycles. The molecular formula is C20H20N4O3S2. The van der Waals surface area contributed by atoms with Crippen LogP contribution in [0.5, 0.6) is 11.5 Å². The molecule has 9 heteroatoms. The van der Waals surface area contributed by atoms with Crippen molar-refractivity contribution in [2.75, 3.05) is 16.4 Å². The molecule has 3 aromatic rings. The molecule has 150 valence electrons. The summed E-state index contributed by atoms with van der Waals surface area (Å²) in [4.78, 5) is 23.7. The van der Waals surface area contributed by atoms with E-state index in [-0.39, 0.29) is 17.6 Å². The van der Waals surface area contributed by atoms with Gasteiger partial charge in [0.2, 0.25) is 16.9 Å². The number of aromatic nitrogens is 2. The van der Waals surface area contributed by atoms with E-state index in [2.05, 4.69) is 20.8 Å². The first-order valence-corrected chi connectivity index (χ1v) is 10.8. The number of carbonyl (C=O) groups excluding carboxylic acids is 2. The van der Waals surface area contributed by atoms with E-state index in [9.17, 15) is 9.59 Å². The zero-order valence-corrected chi connectivity index (χ0v) is 17.4. The first-order valence-electron chi connectivity index (χ1n) is 9.01. The highest BCUT2D eigenvalue weighted by atomic mass is 32.2. The molecule has 0 fully saturated rings. The van der Waals surface area contributed by atoms with E-state index in [1.807, 2.05) is 37.3 Å². The summed E-state index contributed by atoms with van der Waals surface area (Å²) in [5.41, 5.74) is 0.681. The number of thioether (sulfide) groups is 1. The molecule has 0 aliphatic heterocycles. The van der Waals surface area contributed by atoms with Crippen molar-refractivity contribution >= 4 is 45.7 Å². The summed E-state index contributed by atoms with van der Waals surface area (Å²) in [6.07, 6.45) is 1.21. The van der Waals surface area contributed by atoms with Gasteiger partial charge in [0, 0.05) is 12.1 Å². The Morgan fingerprint density at radius 1 is 0.966 bits per heavy atom. The second kappa shape index (κ2) is 10.6. The van der Waals surface area contributed by atoms with Gasteiger partial charge in [0.25, 0.3) is 0 Å². The van der Waals surface area contributed by atoms with E-state index in [1.54, 1.807) is 24.3 Å². The van der Waals surface area contributed by atoms with Gasteiger partial charge in [-0.05, 0) is 42.8 Å². The van der Waals surface area contributed by atoms with Crippen molar-refractivity contribution in [1.29, 1.82) is 0 Å². The average Bonchev–Trinajstić information content (AvgIpc) is 3.16. The lowest BCUT2D eigenvalue weighted by Gasteiger charge is -2.07. The molecule has 0 saturated carbocycles. The van der Waals surface area contributed by atoms with Crippen LogP contribution >= 0.6 is 23.1 Å². The molecule has 0 atom stereocenters. The van der Waals surface area contributed by atoms with Crippen LogP contribution in [0.25, 0.3) is 0 Å². The third kappa shape index (κ3) is 6.88. The molecule has 7 nitrogen and oxygen atoms in total. The van der Waals surface area contributed by atoms with Crippen molar-refractivity contribution in [1.82, 2.24) is 10.2 Å². The number of anilines is 2. The summed E-state index contributed by atoms with van der Waals surface area (Å²) in [5.74, 6) is 1.40. The lowest BCUT2D eigenvalue weighted by atomic mass is 10.3. The van der Waals surface area contributed by atoms with Crippen molar-refractivity contribution in [3.63, 3.8) is 0 Å². The number of ether oxygens (including phenoxy) is 1. The molecule has 1 heterocycles. The Bertz CT molecular complexity index is 946. The maximum Gasteiger partial charge on any atom is 0.234 e. The van der Waals surface area contributed by atoms with Gasteiger partial charge < -0.3 is 15.4 Å². The van der Waals surface area contributed by atoms with E-state index in [0.717, 1.165) is 12.2 Å². The maximum absolute atomic E-state index is 12.2. The lowest BCUT2D eigenvalue weighted by Crippen LogP contribution is -2.13. The number of nitrogens with one attached hydrogen (secondary N) is 2. The first-order chi connectivity index (χ1) is 14.1. The zero-order valence-electron chi connectivity index (χ0n) is 15.8. The predicted molar refractivity (Wildman–Crippen MR) is 116 cm³/mol. The van der Waals surface area contributed by atoms with Crippen LogP contribution in [0, 0.1) is 0 Å². The van der Waals surface area contributed by atoms with Gasteiger partial charge >= 0.3 is 0 Å². The van der Waals surface area contributed by atoms with Gasteiger partial charge in [-0.3, -0.25) is 9.59 Å². The van der Waals surface area contributed by atoms with Gasteiger partial charge in [0.15, 0.2) is 4.34 Å². The van der Waals surface area contributed by atoms with Crippen LogP contribution in [0.2, 0.25) is 0 Å². The summed E-state index contributed by atoms with van der Waals surface area (Å²) >= 11 is 2.52. The minimum absolute atomic E-state index is 0.0855. The van der Waals surface area contributed by atoms with Crippen LogP contribution in [-0.2, 0) is 9.59 Å². The van der Waals surface area contributed by atoms with Crippen molar-refractivity contribution in [3.8, 4) is 11.5 Å². The van der Waals surface area contributed by atoms with Crippen LogP contribution in [0.15, 0.2) is 58.9 Å². The van der Waals surface area contributed by atoms with E-state index in [4.69, 9.17) is 4.74 Å². The molecule has 0 saturated heterocycles. The van der Waals surface area contributed by atoms with Gasteiger partial charge in [0.1, 0.15) is 11.5 Å². The van der Waals surface area contributed by atoms with Crippen LogP contribution in [0.4, 0.5) is 10.8 Å². The zero-order chi connectivity index (χ0) is 20.5. The minimum Gasteiger partial charge on any atom is -0.457 e. The fourth-order valence-corrected chi connectivity index (χ4v) is 3.85. The third-order valence-corrected chi connectivity index (χ3v) is 5.55. The van der Waals surface area contributed by atoms with Gasteiger partial charge in [-0.1, -0.05) is 48.2 Å². The summed E-state index contributed by atoms with van der Waals surface area (Å²) < 4.78 is 6.35. The van der Waals surface area contributed by atoms with Gasteiger partial charge in [-0.25, -0.2) is 0 Å². The molecule has 1 aromatic heterocycles. The Morgan fingerprint density at radius 3 is 2.41 bits per heavy atom. The van der Waals surface area contributed by atoms with Crippen LogP contribution in [0.3, 0.4) is 0 Å². The first kappa shape index (κ1) is 20.8. The van der Waals surface area contributed by atoms with E-state index in [1.165, 1.54) is 23.1 Å². The molecule has 0 aliphatic carbocycles. The summed E-state index contributed by atoms with van der Waals surface area (Å²) in [6.45, 7) is 1.93. The highest BCUT2D eigenvalue weighted by molar-refractivity contribution is 8.01. The van der Waals surface area contributed by atoms with Crippen molar-refractivity contribution < 1.29 is 14.3 Å². The summed E-state index contributed by atoms with van der Waals surface area (Å²) in [6, 6.07) is 16.7.